The highest BCUT2D eigenvalue weighted by Crippen LogP contribution is 2.28. The third-order valence-electron chi connectivity index (χ3n) is 23.2. The molecule has 0 spiro atoms. The second-order valence-electron chi connectivity index (χ2n) is 33.1. The van der Waals surface area contributed by atoms with Crippen LogP contribution in [0.4, 0.5) is 0 Å². The van der Waals surface area contributed by atoms with E-state index in [1.807, 2.05) is 44.2 Å². The largest absolute Gasteiger partial charge is 0.508 e. The molecule has 128 heavy (non-hydrogen) atoms. The maximum atomic E-state index is 15.7. The van der Waals surface area contributed by atoms with Gasteiger partial charge in [0.15, 0.2) is 0 Å². The van der Waals surface area contributed by atoms with Gasteiger partial charge < -0.3 is 110 Å². The molecule has 39 heteroatoms. The van der Waals surface area contributed by atoms with Gasteiger partial charge in [0.1, 0.15) is 90.3 Å². The molecule has 8 rings (SSSR count). The summed E-state index contributed by atoms with van der Waals surface area (Å²) in [4.78, 5) is 260. The zero-order valence-electron chi connectivity index (χ0n) is 73.8. The highest BCUT2D eigenvalue weighted by atomic mass is 32.2. The van der Waals surface area contributed by atoms with Crippen molar-refractivity contribution < 1.29 is 86.6 Å². The zero-order chi connectivity index (χ0) is 93.8. The van der Waals surface area contributed by atoms with Gasteiger partial charge in [-0.1, -0.05) is 114 Å². The van der Waals surface area contributed by atoms with Crippen molar-refractivity contribution in [2.24, 2.45) is 23.1 Å². The Labute approximate surface area is 747 Å². The Morgan fingerprint density at radius 1 is 0.523 bits per heavy atom. The number of aromatic amines is 2. The number of phenolic OH excluding ortho intramolecular Hbond substituents is 1. The fraction of sp³-hybridized carbons (Fsp3) is 0.517. The predicted molar refractivity (Wildman–Crippen MR) is 479 cm³/mol. The maximum absolute atomic E-state index is 15.7. The summed E-state index contributed by atoms with van der Waals surface area (Å²) in [6.07, 6.45) is 6.75. The number of aromatic hydroxyl groups is 1. The average Bonchev–Trinajstić information content (AvgIpc) is 1.48. The Morgan fingerprint density at radius 3 is 1.52 bits per heavy atom. The number of rotatable bonds is 24. The normalized spacial score (nSPS) is 24.9. The molecule has 0 aliphatic carbocycles. The molecular formula is C89H124N20O18S. The van der Waals surface area contributed by atoms with Gasteiger partial charge in [-0.3, -0.25) is 81.5 Å². The second kappa shape index (κ2) is 48.3. The van der Waals surface area contributed by atoms with Crippen molar-refractivity contribution in [2.45, 2.75) is 228 Å². The third kappa shape index (κ3) is 27.4. The summed E-state index contributed by atoms with van der Waals surface area (Å²) in [5.41, 5.74) is 20.3. The quantitative estimate of drug-likeness (QED) is 0.0361. The van der Waals surface area contributed by atoms with Crippen LogP contribution in [0, 0.1) is 5.92 Å². The number of benzene rings is 3. The monoisotopic (exact) mass is 1790 g/mol. The molecule has 3 saturated heterocycles. The number of primary amides is 2. The molecule has 0 radical (unpaired) electrons. The highest BCUT2D eigenvalue weighted by Gasteiger charge is 2.45. The van der Waals surface area contributed by atoms with Crippen LogP contribution < -0.4 is 70.4 Å². The molecule has 14 atom stereocenters. The zero-order valence-corrected chi connectivity index (χ0v) is 74.7. The van der Waals surface area contributed by atoms with Crippen LogP contribution in [-0.2, 0) is 101 Å². The first-order valence-electron chi connectivity index (χ1n) is 43.4. The van der Waals surface area contributed by atoms with Crippen LogP contribution in [-0.4, -0.2) is 283 Å². The summed E-state index contributed by atoms with van der Waals surface area (Å²) in [7, 11) is 4.02. The maximum Gasteiger partial charge on any atom is 0.246 e. The van der Waals surface area contributed by atoms with E-state index < -0.39 is 216 Å². The molecule has 38 nitrogen and oxygen atoms in total. The first-order chi connectivity index (χ1) is 61.0. The van der Waals surface area contributed by atoms with Crippen molar-refractivity contribution in [3.8, 4) is 5.75 Å². The Hall–Kier alpha value is -12.7. The van der Waals surface area contributed by atoms with Gasteiger partial charge >= 0.3 is 0 Å². The Morgan fingerprint density at radius 2 is 0.984 bits per heavy atom. The van der Waals surface area contributed by atoms with Gasteiger partial charge in [-0.05, 0) is 112 Å². The van der Waals surface area contributed by atoms with Crippen LogP contribution in [0.3, 0.4) is 0 Å². The van der Waals surface area contributed by atoms with Gasteiger partial charge in [-0.15, -0.1) is 24.9 Å². The lowest BCUT2D eigenvalue weighted by atomic mass is 9.99. The van der Waals surface area contributed by atoms with Crippen LogP contribution in [0.25, 0.3) is 21.8 Å². The van der Waals surface area contributed by atoms with E-state index in [9.17, 15) is 53.1 Å². The number of carbonyl (C=O) groups is 17. The average molecular weight is 1790 g/mol. The van der Waals surface area contributed by atoms with Gasteiger partial charge in [0.25, 0.3) is 0 Å². The number of thioether (sulfide) groups is 1. The van der Waals surface area contributed by atoms with Crippen LogP contribution in [0.15, 0.2) is 111 Å². The summed E-state index contributed by atoms with van der Waals surface area (Å²) < 4.78 is 0. The number of fused-ring (bicyclic) bond motifs is 4. The van der Waals surface area contributed by atoms with Crippen molar-refractivity contribution >= 4 is 134 Å². The first kappa shape index (κ1) is 101. The number of nitrogens with one attached hydrogen (secondary N) is 12. The number of hydrogen-bond acceptors (Lipinski definition) is 20. The highest BCUT2D eigenvalue weighted by molar-refractivity contribution is 8.00. The molecule has 19 N–H and O–H groups in total. The Bertz CT molecular complexity index is 4840. The summed E-state index contributed by atoms with van der Waals surface area (Å²) in [5, 5.41) is 38.4. The summed E-state index contributed by atoms with van der Waals surface area (Å²) in [6, 6.07) is -0.183. The smallest absolute Gasteiger partial charge is 0.246 e. The number of hydrogen-bond donors (Lipinski definition) is 16. The minimum atomic E-state index is -1.74. The SMILES string of the molecule is C=CC[C@@H]1NC(=O)[C@H](Cc2c[nH]c3ccccc23)NC(=O)[C@@H]2CCCN2C(=O)[C@H](CC(C)C)NC(=O)[C@H](CN)NC(=O)[C@@H]2CCCN2C(=O)[C@H](CC(N)=O)NC(=O)[C@H](C)N(C)C(=O)[C@H](Cc2ccc(O)cc2)NC(=O)CSC[C@@H](C(=O)NCC(N)=O)NC(=O)[C@H](CC=C)NC(=O)[C@H](CCCC)N(C)C(=O)[C@H](CCCC)N(C)C(=O)[C@H](Cc2c[nH]c3ccccc23)NC1=O. The van der Waals surface area contributed by atoms with Gasteiger partial charge in [-0.25, -0.2) is 0 Å². The van der Waals surface area contributed by atoms with E-state index in [2.05, 4.69) is 76.3 Å². The number of nitrogens with two attached hydrogens (primary N) is 3. The number of aromatic nitrogens is 2. The minimum absolute atomic E-state index is 0.0160. The van der Waals surface area contributed by atoms with Crippen LogP contribution >= 0.6 is 11.8 Å². The lowest BCUT2D eigenvalue weighted by Crippen LogP contribution is -2.61. The van der Waals surface area contributed by atoms with Crippen molar-refractivity contribution in [1.29, 1.82) is 0 Å². The lowest BCUT2D eigenvalue weighted by molar-refractivity contribution is -0.149. The van der Waals surface area contributed by atoms with Gasteiger partial charge in [0.2, 0.25) is 100 Å². The van der Waals surface area contributed by atoms with Gasteiger partial charge in [-0.2, -0.15) is 0 Å². The molecule has 3 aromatic carbocycles. The molecular weight excluding hydrogens is 1670 g/mol. The molecule has 3 fully saturated rings. The molecule has 3 aliphatic heterocycles. The van der Waals surface area contributed by atoms with E-state index in [0.29, 0.717) is 70.6 Å². The van der Waals surface area contributed by atoms with E-state index in [1.165, 1.54) is 79.2 Å². The molecule has 0 bridgehead atoms. The van der Waals surface area contributed by atoms with Crippen LogP contribution in [0.2, 0.25) is 0 Å². The van der Waals surface area contributed by atoms with E-state index in [4.69, 9.17) is 17.2 Å². The van der Waals surface area contributed by atoms with Crippen LogP contribution in [0.1, 0.15) is 141 Å². The molecule has 5 heterocycles. The van der Waals surface area contributed by atoms with Crippen molar-refractivity contribution in [2.75, 3.05) is 58.8 Å². The number of nitrogens with zero attached hydrogens (tertiary/aromatic N) is 5. The predicted octanol–water partition coefficient (Wildman–Crippen LogP) is -0.0101. The van der Waals surface area contributed by atoms with Gasteiger partial charge in [0.05, 0.1) is 18.7 Å². The number of H-pyrrole nitrogens is 2. The van der Waals surface area contributed by atoms with Crippen LogP contribution in [0.5, 0.6) is 5.75 Å². The standard InChI is InChI=1S/C89H124N20O18S/c1-11-15-29-69-82(120)98-61(24-14-4)79(117)104-68(77(115)95-47-74(92)112)48-128-49-75(113)96-64(40-52-33-35-55(110)36-34-52)85(123)105(8)51(7)76(114)100-66(43-73(91)111)88(126)109-38-22-32-71(109)84(122)103-67(44-90)81(119)101-63(39-50(5)6)87(125)108-37-21-31-70(108)83(121)99-62(41-53-45-93-58-27-19-17-25-56(53)58)80(118)97-60(23-13-3)78(116)102-65(42-54-46-94-59-28-20-18-26-57(54)59)86(124)107(10)72(30-16-12-2)89(127)106(69)9/h13-14,17-20,25-28,33-36,45-46,50-51,60-72,93-94,110H,3-4,11-12,15-16,21-24,29-32,37-44,47-49,90H2,1-2,5-10H3,(H2,91,111)(H2,92,112)(H,95,115)(H,96,113)(H,97,118)(H,98,120)(H,99,121)(H,100,114)(H,101,119)(H,102,116)(H,103,122)(H,104,117)/t51-,60-,61-,62-,63-,64-,65-,66-,67-,68-,69-,70-,71-,72-/m0/s1. The second-order valence-corrected chi connectivity index (χ2v) is 34.1. The molecule has 17 amide bonds. The first-order valence-corrected chi connectivity index (χ1v) is 44.5. The summed E-state index contributed by atoms with van der Waals surface area (Å²) in [5.74, 6) is -16.1. The van der Waals surface area contributed by atoms with Crippen molar-refractivity contribution in [3.05, 3.63) is 127 Å². The fourth-order valence-corrected chi connectivity index (χ4v) is 16.9. The summed E-state index contributed by atoms with van der Waals surface area (Å²) in [6.45, 7) is 15.0. The molecule has 0 unspecified atom stereocenters. The van der Waals surface area contributed by atoms with Crippen molar-refractivity contribution in [3.63, 3.8) is 0 Å². The Kier molecular flexibility index (Phi) is 38.0. The molecule has 694 valence electrons. The topological polar surface area (TPSA) is 557 Å². The van der Waals surface area contributed by atoms with E-state index in [-0.39, 0.29) is 95.4 Å². The number of amides is 17. The summed E-state index contributed by atoms with van der Waals surface area (Å²) >= 11 is 0.788. The number of unbranched alkanes of at least 4 members (excludes halogenated alkanes) is 2. The van der Waals surface area contributed by atoms with E-state index in [0.717, 1.165) is 21.6 Å². The van der Waals surface area contributed by atoms with E-state index >= 15 is 33.6 Å². The lowest BCUT2D eigenvalue weighted by Gasteiger charge is -2.36. The van der Waals surface area contributed by atoms with E-state index in [1.54, 1.807) is 44.4 Å². The number of carbonyl (C=O) groups excluding carboxylic acids is 17. The minimum Gasteiger partial charge on any atom is -0.508 e. The number of phenols is 1. The molecule has 3 aliphatic rings. The molecule has 5 aromatic rings. The fourth-order valence-electron chi connectivity index (χ4n) is 16.0. The number of para-hydroxylation sites is 2. The molecule has 2 aromatic heterocycles. The van der Waals surface area contributed by atoms with Crippen molar-refractivity contribution in [1.82, 2.24) is 87.6 Å². The molecule has 0 saturated carbocycles. The number of likely N-dealkylation sites (N-methyl/N-ethyl adjacent to an activating group) is 3. The Balaban J connectivity index is 1.17. The van der Waals surface area contributed by atoms with Gasteiger partial charge in [0, 0.05) is 100.0 Å². The third-order valence-corrected chi connectivity index (χ3v) is 24.2.